The highest BCUT2D eigenvalue weighted by molar-refractivity contribution is 5.90. The van der Waals surface area contributed by atoms with Gasteiger partial charge in [0, 0.05) is 11.5 Å². The summed E-state index contributed by atoms with van der Waals surface area (Å²) in [5.41, 5.74) is 1.26. The van der Waals surface area contributed by atoms with Gasteiger partial charge in [-0.25, -0.2) is 4.79 Å². The molecule has 0 N–H and O–H groups in total. The summed E-state index contributed by atoms with van der Waals surface area (Å²) >= 11 is 0. The highest BCUT2D eigenvalue weighted by Gasteiger charge is 2.00. The van der Waals surface area contributed by atoms with Crippen LogP contribution in [0.25, 0.3) is 0 Å². The average molecular weight is 247 g/mol. The molecule has 0 amide bonds. The van der Waals surface area contributed by atoms with Gasteiger partial charge in [0.15, 0.2) is 0 Å². The molecule has 0 aliphatic carbocycles. The smallest absolute Gasteiger partial charge is 0.390 e. The number of carbonyl (C=O) groups excluding carboxylic acids is 1. The number of hydrogen-bond donors (Lipinski definition) is 0. The van der Waals surface area contributed by atoms with Gasteiger partial charge in [-0.15, -0.1) is 0 Å². The minimum Gasteiger partial charge on any atom is -0.417 e. The molecule has 3 nitrogen and oxygen atoms in total. The monoisotopic (exact) mass is 247 g/mol. The van der Waals surface area contributed by atoms with Crippen molar-refractivity contribution in [1.29, 1.82) is 5.26 Å². The summed E-state index contributed by atoms with van der Waals surface area (Å²) in [4.78, 5) is 11.5. The van der Waals surface area contributed by atoms with E-state index in [-0.39, 0.29) is 0 Å². The topological polar surface area (TPSA) is 50.1 Å². The Morgan fingerprint density at radius 2 is 1.63 bits per heavy atom. The number of hydrogen-bond acceptors (Lipinski definition) is 3. The van der Waals surface area contributed by atoms with Crippen molar-refractivity contribution in [1.82, 2.24) is 0 Å². The zero-order chi connectivity index (χ0) is 13.5. The molecule has 0 saturated heterocycles. The Balaban J connectivity index is 2.02. The molecule has 0 saturated carbocycles. The van der Waals surface area contributed by atoms with E-state index < -0.39 is 5.97 Å². The van der Waals surface area contributed by atoms with Crippen LogP contribution in [-0.4, -0.2) is 5.97 Å². The normalized spacial score (nSPS) is 8.79. The van der Waals surface area contributed by atoms with Crippen LogP contribution >= 0.6 is 0 Å². The molecule has 0 bridgehead atoms. The molecule has 0 aromatic heterocycles. The molecule has 0 radical (unpaired) electrons. The third-order valence-corrected chi connectivity index (χ3v) is 2.28. The number of nitrogens with zero attached hydrogens (tertiary/aromatic N) is 1. The number of nitriles is 1. The summed E-state index contributed by atoms with van der Waals surface area (Å²) in [5, 5.41) is 8.64. The molecule has 0 atom stereocenters. The van der Waals surface area contributed by atoms with Crippen molar-refractivity contribution < 1.29 is 9.53 Å². The summed E-state index contributed by atoms with van der Waals surface area (Å²) in [7, 11) is 0. The molecule has 2 aromatic rings. The number of carbonyl (C=O) groups is 1. The van der Waals surface area contributed by atoms with Gasteiger partial charge in [0.25, 0.3) is 0 Å². The first-order valence-corrected chi connectivity index (χ1v) is 5.57. The second-order valence-corrected chi connectivity index (χ2v) is 3.64. The molecule has 2 rings (SSSR count). The third kappa shape index (κ3) is 3.73. The lowest BCUT2D eigenvalue weighted by Crippen LogP contribution is -2.04. The Morgan fingerprint density at radius 1 is 0.947 bits per heavy atom. The second kappa shape index (κ2) is 6.05. The Hall–Kier alpha value is -3.04. The van der Waals surface area contributed by atoms with Crippen LogP contribution in [0.15, 0.2) is 54.6 Å². The first-order valence-electron chi connectivity index (χ1n) is 5.57. The van der Waals surface area contributed by atoms with Crippen LogP contribution in [-0.2, 0) is 4.79 Å². The third-order valence-electron chi connectivity index (χ3n) is 2.28. The quantitative estimate of drug-likeness (QED) is 0.442. The summed E-state index contributed by atoms with van der Waals surface area (Å²) < 4.78 is 5.01. The van der Waals surface area contributed by atoms with Crippen LogP contribution < -0.4 is 4.74 Å². The van der Waals surface area contributed by atoms with E-state index in [0.717, 1.165) is 5.56 Å². The van der Waals surface area contributed by atoms with Crippen molar-refractivity contribution in [3.8, 4) is 23.7 Å². The number of ether oxygens (including phenoxy) is 1. The van der Waals surface area contributed by atoms with E-state index in [9.17, 15) is 4.79 Å². The van der Waals surface area contributed by atoms with Crippen molar-refractivity contribution >= 4 is 5.97 Å². The summed E-state index contributed by atoms with van der Waals surface area (Å²) in [6, 6.07) is 17.4. The maximum Gasteiger partial charge on any atom is 0.390 e. The number of rotatable bonds is 1. The molecule has 0 fully saturated rings. The molecular weight excluding hydrogens is 238 g/mol. The van der Waals surface area contributed by atoms with Crippen LogP contribution in [0.2, 0.25) is 0 Å². The lowest BCUT2D eigenvalue weighted by molar-refractivity contribution is -0.128. The first-order chi connectivity index (χ1) is 9.28. The van der Waals surface area contributed by atoms with E-state index >= 15 is 0 Å². The van der Waals surface area contributed by atoms with Gasteiger partial charge in [0.2, 0.25) is 0 Å². The van der Waals surface area contributed by atoms with E-state index in [0.29, 0.717) is 11.3 Å². The van der Waals surface area contributed by atoms with Crippen molar-refractivity contribution in [2.45, 2.75) is 0 Å². The fourth-order valence-electron chi connectivity index (χ4n) is 1.37. The predicted molar refractivity (Wildman–Crippen MR) is 70.1 cm³/mol. The summed E-state index contributed by atoms with van der Waals surface area (Å²) in [6.45, 7) is 0. The van der Waals surface area contributed by atoms with Crippen LogP contribution in [0, 0.1) is 23.2 Å². The van der Waals surface area contributed by atoms with E-state index in [1.54, 1.807) is 24.3 Å². The van der Waals surface area contributed by atoms with Crippen LogP contribution in [0.3, 0.4) is 0 Å². The van der Waals surface area contributed by atoms with Crippen molar-refractivity contribution in [2.75, 3.05) is 0 Å². The first kappa shape index (κ1) is 12.4. The maximum atomic E-state index is 11.5. The molecular formula is C16H9NO2. The molecule has 0 aliphatic heterocycles. The molecule has 19 heavy (non-hydrogen) atoms. The van der Waals surface area contributed by atoms with Gasteiger partial charge in [-0.3, -0.25) is 0 Å². The van der Waals surface area contributed by atoms with Gasteiger partial charge in [0.1, 0.15) is 5.75 Å². The minimum atomic E-state index is -0.631. The van der Waals surface area contributed by atoms with Gasteiger partial charge in [0.05, 0.1) is 11.6 Å². The van der Waals surface area contributed by atoms with E-state index in [1.165, 1.54) is 0 Å². The van der Waals surface area contributed by atoms with Crippen LogP contribution in [0.5, 0.6) is 5.75 Å². The van der Waals surface area contributed by atoms with E-state index in [2.05, 4.69) is 11.8 Å². The molecule has 90 valence electrons. The summed E-state index contributed by atoms with van der Waals surface area (Å²) in [6.07, 6.45) is 0. The fourth-order valence-corrected chi connectivity index (χ4v) is 1.37. The zero-order valence-electron chi connectivity index (χ0n) is 9.96. The molecule has 0 heterocycles. The SMILES string of the molecule is N#Cc1ccc(OC(=O)C#Cc2ccccc2)cc1. The lowest BCUT2D eigenvalue weighted by Gasteiger charge is -1.98. The Morgan fingerprint density at radius 3 is 2.26 bits per heavy atom. The van der Waals surface area contributed by atoms with Crippen molar-refractivity contribution in [3.05, 3.63) is 65.7 Å². The van der Waals surface area contributed by atoms with Crippen LogP contribution in [0.4, 0.5) is 0 Å². The Labute approximate surface area is 111 Å². The van der Waals surface area contributed by atoms with Crippen molar-refractivity contribution in [2.24, 2.45) is 0 Å². The lowest BCUT2D eigenvalue weighted by atomic mass is 10.2. The highest BCUT2D eigenvalue weighted by Crippen LogP contribution is 2.11. The Bertz CT molecular complexity index is 671. The molecule has 0 aliphatic rings. The summed E-state index contributed by atoms with van der Waals surface area (Å²) in [5.74, 6) is 4.85. The molecule has 0 unspecified atom stereocenters. The second-order valence-electron chi connectivity index (χ2n) is 3.64. The molecule has 2 aromatic carbocycles. The largest absolute Gasteiger partial charge is 0.417 e. The van der Waals surface area contributed by atoms with Gasteiger partial charge in [-0.2, -0.15) is 5.26 Å². The van der Waals surface area contributed by atoms with Gasteiger partial charge in [-0.05, 0) is 36.4 Å². The van der Waals surface area contributed by atoms with Crippen molar-refractivity contribution in [3.63, 3.8) is 0 Å². The predicted octanol–water partition coefficient (Wildman–Crippen LogP) is 2.52. The van der Waals surface area contributed by atoms with Gasteiger partial charge < -0.3 is 4.74 Å². The molecule has 0 spiro atoms. The highest BCUT2D eigenvalue weighted by atomic mass is 16.5. The van der Waals surface area contributed by atoms with E-state index in [1.807, 2.05) is 36.4 Å². The fraction of sp³-hybridized carbons (Fsp3) is 0. The van der Waals surface area contributed by atoms with E-state index in [4.69, 9.17) is 10.00 Å². The number of benzene rings is 2. The Kier molecular flexibility index (Phi) is 3.95. The van der Waals surface area contributed by atoms with Crippen LogP contribution in [0.1, 0.15) is 11.1 Å². The maximum absolute atomic E-state index is 11.5. The van der Waals surface area contributed by atoms with Gasteiger partial charge in [-0.1, -0.05) is 24.1 Å². The standard InChI is InChI=1S/C16H9NO2/c17-12-14-6-9-15(10-7-14)19-16(18)11-8-13-4-2-1-3-5-13/h1-7,9-10H. The van der Waals surface area contributed by atoms with Gasteiger partial charge >= 0.3 is 5.97 Å². The number of esters is 1. The average Bonchev–Trinajstić information content (AvgIpc) is 2.47. The minimum absolute atomic E-state index is 0.367. The zero-order valence-corrected chi connectivity index (χ0v) is 9.96. The molecule has 3 heteroatoms.